The van der Waals surface area contributed by atoms with Crippen molar-refractivity contribution in [3.05, 3.63) is 45.8 Å². The van der Waals surface area contributed by atoms with Gasteiger partial charge in [-0.2, -0.15) is 0 Å². The molecule has 0 atom stereocenters. The normalized spacial score (nSPS) is 11.6. The Hall–Kier alpha value is -1.57. The Labute approximate surface area is 101 Å². The average molecular weight is 230 g/mol. The lowest BCUT2D eigenvalue weighted by Crippen LogP contribution is -2.02. The Kier molecular flexibility index (Phi) is 3.05. The summed E-state index contributed by atoms with van der Waals surface area (Å²) in [5, 5.41) is 1.06. The molecule has 1 aromatic heterocycles. The van der Waals surface area contributed by atoms with Crippen LogP contribution in [0.1, 0.15) is 50.7 Å². The summed E-state index contributed by atoms with van der Waals surface area (Å²) in [4.78, 5) is 11.5. The van der Waals surface area contributed by atoms with Gasteiger partial charge in [-0.05, 0) is 35.1 Å². The molecule has 2 nitrogen and oxygen atoms in total. The van der Waals surface area contributed by atoms with E-state index in [1.807, 2.05) is 12.1 Å². The molecule has 0 unspecified atom stereocenters. The van der Waals surface area contributed by atoms with Crippen molar-refractivity contribution < 1.29 is 4.42 Å². The van der Waals surface area contributed by atoms with Crippen LogP contribution in [0, 0.1) is 0 Å². The smallest absolute Gasteiger partial charge is 0.336 e. The summed E-state index contributed by atoms with van der Waals surface area (Å²) in [7, 11) is 0. The summed E-state index contributed by atoms with van der Waals surface area (Å²) >= 11 is 0. The number of rotatable bonds is 2. The van der Waals surface area contributed by atoms with Crippen LogP contribution in [-0.2, 0) is 0 Å². The highest BCUT2D eigenvalue weighted by Crippen LogP contribution is 2.27. The summed E-state index contributed by atoms with van der Waals surface area (Å²) in [5.41, 5.74) is 2.76. The van der Waals surface area contributed by atoms with Crippen LogP contribution in [0.25, 0.3) is 11.0 Å². The molecule has 0 aliphatic carbocycles. The van der Waals surface area contributed by atoms with Gasteiger partial charge in [0.05, 0.1) is 0 Å². The van der Waals surface area contributed by atoms with Gasteiger partial charge in [0.25, 0.3) is 0 Å². The van der Waals surface area contributed by atoms with Crippen LogP contribution >= 0.6 is 0 Å². The Bertz CT molecular complexity index is 591. The van der Waals surface area contributed by atoms with Crippen molar-refractivity contribution in [3.8, 4) is 0 Å². The largest absolute Gasteiger partial charge is 0.423 e. The summed E-state index contributed by atoms with van der Waals surface area (Å²) in [6.45, 7) is 8.51. The van der Waals surface area contributed by atoms with Crippen LogP contribution < -0.4 is 5.63 Å². The summed E-state index contributed by atoms with van der Waals surface area (Å²) in [6, 6.07) is 7.67. The molecule has 1 aromatic carbocycles. The van der Waals surface area contributed by atoms with Crippen LogP contribution in [0.5, 0.6) is 0 Å². The molecule has 0 spiro atoms. The second-order valence-corrected chi connectivity index (χ2v) is 5.09. The maximum atomic E-state index is 11.5. The molecule has 0 saturated heterocycles. The van der Waals surface area contributed by atoms with E-state index in [4.69, 9.17) is 4.42 Å². The number of fused-ring (bicyclic) bond motifs is 1. The second-order valence-electron chi connectivity index (χ2n) is 5.09. The van der Waals surface area contributed by atoms with E-state index in [-0.39, 0.29) is 5.63 Å². The van der Waals surface area contributed by atoms with E-state index < -0.39 is 0 Å². The average Bonchev–Trinajstić information content (AvgIpc) is 2.26. The lowest BCUT2D eigenvalue weighted by Gasteiger charge is -2.11. The molecule has 17 heavy (non-hydrogen) atoms. The third-order valence-corrected chi connectivity index (χ3v) is 3.09. The van der Waals surface area contributed by atoms with E-state index in [0.717, 1.165) is 10.9 Å². The van der Waals surface area contributed by atoms with Crippen molar-refractivity contribution in [2.24, 2.45) is 0 Å². The quantitative estimate of drug-likeness (QED) is 0.729. The third-order valence-electron chi connectivity index (χ3n) is 3.09. The molecule has 0 amide bonds. The predicted molar refractivity (Wildman–Crippen MR) is 70.7 cm³/mol. The van der Waals surface area contributed by atoms with Crippen molar-refractivity contribution in [3.63, 3.8) is 0 Å². The molecule has 0 radical (unpaired) electrons. The highest BCUT2D eigenvalue weighted by Gasteiger charge is 2.10. The van der Waals surface area contributed by atoms with Crippen LogP contribution in [-0.4, -0.2) is 0 Å². The van der Waals surface area contributed by atoms with Crippen molar-refractivity contribution >= 4 is 11.0 Å². The van der Waals surface area contributed by atoms with Gasteiger partial charge in [-0.3, -0.25) is 0 Å². The Balaban J connectivity index is 2.78. The summed E-state index contributed by atoms with van der Waals surface area (Å²) < 4.78 is 5.23. The monoisotopic (exact) mass is 230 g/mol. The van der Waals surface area contributed by atoms with E-state index in [2.05, 4.69) is 33.8 Å². The second kappa shape index (κ2) is 4.36. The molecular weight excluding hydrogens is 212 g/mol. The van der Waals surface area contributed by atoms with Crippen molar-refractivity contribution in [2.45, 2.75) is 39.5 Å². The highest BCUT2D eigenvalue weighted by molar-refractivity contribution is 5.81. The molecule has 0 aliphatic heterocycles. The van der Waals surface area contributed by atoms with E-state index in [1.165, 1.54) is 5.56 Å². The van der Waals surface area contributed by atoms with E-state index in [9.17, 15) is 4.79 Å². The van der Waals surface area contributed by atoms with Crippen LogP contribution in [0.4, 0.5) is 0 Å². The van der Waals surface area contributed by atoms with Gasteiger partial charge in [-0.15, -0.1) is 0 Å². The van der Waals surface area contributed by atoms with Crippen LogP contribution in [0.15, 0.2) is 33.5 Å². The van der Waals surface area contributed by atoms with E-state index in [0.29, 0.717) is 17.4 Å². The Morgan fingerprint density at radius 1 is 1.00 bits per heavy atom. The number of benzene rings is 1. The van der Waals surface area contributed by atoms with Gasteiger partial charge in [0.1, 0.15) is 5.58 Å². The zero-order chi connectivity index (χ0) is 12.6. The van der Waals surface area contributed by atoms with Gasteiger partial charge in [-0.1, -0.05) is 33.8 Å². The molecule has 0 saturated carbocycles. The molecule has 2 rings (SSSR count). The molecular formula is C15H18O2. The maximum absolute atomic E-state index is 11.5. The van der Waals surface area contributed by atoms with Gasteiger partial charge >= 0.3 is 5.63 Å². The summed E-state index contributed by atoms with van der Waals surface area (Å²) in [5.74, 6) is 0.801. The van der Waals surface area contributed by atoms with E-state index in [1.54, 1.807) is 6.07 Å². The fourth-order valence-electron chi connectivity index (χ4n) is 2.04. The van der Waals surface area contributed by atoms with Gasteiger partial charge in [0, 0.05) is 11.5 Å². The van der Waals surface area contributed by atoms with Crippen LogP contribution in [0.2, 0.25) is 0 Å². The number of hydrogen-bond acceptors (Lipinski definition) is 2. The van der Waals surface area contributed by atoms with Crippen molar-refractivity contribution in [1.29, 1.82) is 0 Å². The zero-order valence-corrected chi connectivity index (χ0v) is 10.8. The minimum atomic E-state index is -0.265. The van der Waals surface area contributed by atoms with Gasteiger partial charge < -0.3 is 4.42 Å². The molecule has 2 heteroatoms. The minimum Gasteiger partial charge on any atom is -0.423 e. The fraction of sp³-hybridized carbons (Fsp3) is 0.400. The molecule has 0 aliphatic rings. The fourth-order valence-corrected chi connectivity index (χ4v) is 2.04. The number of hydrogen-bond donors (Lipinski definition) is 0. The first kappa shape index (κ1) is 11.9. The SMILES string of the molecule is CC(C)c1ccc2oc(=O)cc(C(C)C)c2c1. The maximum Gasteiger partial charge on any atom is 0.336 e. The molecule has 2 aromatic rings. The topological polar surface area (TPSA) is 30.2 Å². The Morgan fingerprint density at radius 3 is 2.29 bits per heavy atom. The van der Waals surface area contributed by atoms with Crippen molar-refractivity contribution in [2.75, 3.05) is 0 Å². The summed E-state index contributed by atoms with van der Waals surface area (Å²) in [6.07, 6.45) is 0. The molecule has 0 bridgehead atoms. The van der Waals surface area contributed by atoms with Gasteiger partial charge in [0.15, 0.2) is 0 Å². The standard InChI is InChI=1S/C15H18O2/c1-9(2)11-5-6-14-13(7-11)12(10(3)4)8-15(16)17-14/h5-10H,1-4H3. The Morgan fingerprint density at radius 2 is 1.71 bits per heavy atom. The predicted octanol–water partition coefficient (Wildman–Crippen LogP) is 4.04. The lowest BCUT2D eigenvalue weighted by molar-refractivity contribution is 0.557. The third kappa shape index (κ3) is 2.26. The van der Waals surface area contributed by atoms with Gasteiger partial charge in [-0.25, -0.2) is 4.79 Å². The van der Waals surface area contributed by atoms with E-state index >= 15 is 0 Å². The highest BCUT2D eigenvalue weighted by atomic mass is 16.4. The molecule has 90 valence electrons. The molecule has 0 N–H and O–H groups in total. The molecule has 1 heterocycles. The first-order valence-electron chi connectivity index (χ1n) is 6.06. The van der Waals surface area contributed by atoms with Gasteiger partial charge in [0.2, 0.25) is 0 Å². The lowest BCUT2D eigenvalue weighted by atomic mass is 9.95. The van der Waals surface area contributed by atoms with Crippen LogP contribution in [0.3, 0.4) is 0 Å². The first-order chi connectivity index (χ1) is 7.99. The zero-order valence-electron chi connectivity index (χ0n) is 10.8. The minimum absolute atomic E-state index is 0.265. The first-order valence-corrected chi connectivity index (χ1v) is 6.06. The van der Waals surface area contributed by atoms with Crippen molar-refractivity contribution in [1.82, 2.24) is 0 Å². The molecule has 0 fully saturated rings.